The highest BCUT2D eigenvalue weighted by atomic mass is 16.6. The van der Waals surface area contributed by atoms with Crippen molar-refractivity contribution in [2.45, 2.75) is 25.0 Å². The lowest BCUT2D eigenvalue weighted by Crippen LogP contribution is -2.17. The molecule has 2 saturated heterocycles. The van der Waals surface area contributed by atoms with Gasteiger partial charge in [-0.2, -0.15) is 0 Å². The first-order valence-corrected chi connectivity index (χ1v) is 6.91. The van der Waals surface area contributed by atoms with Crippen molar-refractivity contribution < 1.29 is 34.2 Å². The van der Waals surface area contributed by atoms with Crippen molar-refractivity contribution in [3.63, 3.8) is 0 Å². The molecule has 0 aliphatic carbocycles. The van der Waals surface area contributed by atoms with Gasteiger partial charge >= 0.3 is 11.9 Å². The van der Waals surface area contributed by atoms with Crippen LogP contribution in [0.15, 0.2) is 6.07 Å². The normalized spacial score (nSPS) is 21.7. The molecule has 0 radical (unpaired) electrons. The highest BCUT2D eigenvalue weighted by Crippen LogP contribution is 2.35. The molecule has 2 unspecified atom stereocenters. The molecule has 23 heavy (non-hydrogen) atoms. The van der Waals surface area contributed by atoms with Gasteiger partial charge < -0.3 is 19.7 Å². The first kappa shape index (κ1) is 15.4. The molecule has 3 rings (SSSR count). The van der Waals surface area contributed by atoms with Crippen molar-refractivity contribution in [2.75, 3.05) is 13.2 Å². The van der Waals surface area contributed by atoms with Crippen molar-refractivity contribution in [3.05, 3.63) is 38.4 Å². The summed E-state index contributed by atoms with van der Waals surface area (Å²) in [7, 11) is 0. The van der Waals surface area contributed by atoms with Crippen LogP contribution in [0, 0.1) is 10.1 Å². The van der Waals surface area contributed by atoms with Crippen LogP contribution in [0.2, 0.25) is 0 Å². The summed E-state index contributed by atoms with van der Waals surface area (Å²) in [6.45, 7) is 0.940. The molecule has 2 atom stereocenters. The minimum atomic E-state index is -1.64. The van der Waals surface area contributed by atoms with E-state index in [1.54, 1.807) is 0 Å². The van der Waals surface area contributed by atoms with Crippen LogP contribution < -0.4 is 0 Å². The van der Waals surface area contributed by atoms with Gasteiger partial charge in [-0.15, -0.1) is 0 Å². The lowest BCUT2D eigenvalue weighted by Gasteiger charge is -2.13. The second kappa shape index (κ2) is 5.60. The predicted molar refractivity (Wildman–Crippen MR) is 73.9 cm³/mol. The predicted octanol–water partition coefficient (Wildman–Crippen LogP) is 0.874. The van der Waals surface area contributed by atoms with Crippen molar-refractivity contribution in [1.82, 2.24) is 0 Å². The van der Waals surface area contributed by atoms with Crippen molar-refractivity contribution >= 4 is 17.6 Å². The monoisotopic (exact) mass is 323 g/mol. The first-order chi connectivity index (χ1) is 10.9. The lowest BCUT2D eigenvalue weighted by atomic mass is 9.90. The van der Waals surface area contributed by atoms with Crippen LogP contribution in [0.5, 0.6) is 0 Å². The maximum absolute atomic E-state index is 11.5. The van der Waals surface area contributed by atoms with Gasteiger partial charge in [0.2, 0.25) is 0 Å². The summed E-state index contributed by atoms with van der Waals surface area (Å²) < 4.78 is 10.2. The Bertz CT molecular complexity index is 705. The third kappa shape index (κ3) is 3.15. The lowest BCUT2D eigenvalue weighted by molar-refractivity contribution is -0.386. The van der Waals surface area contributed by atoms with Crippen LogP contribution in [0.4, 0.5) is 5.69 Å². The van der Waals surface area contributed by atoms with E-state index in [-0.39, 0.29) is 24.2 Å². The van der Waals surface area contributed by atoms with Crippen molar-refractivity contribution in [3.8, 4) is 0 Å². The average Bonchev–Trinajstić information content (AvgIpc) is 3.33. The smallest absolute Gasteiger partial charge is 0.343 e. The summed E-state index contributed by atoms with van der Waals surface area (Å²) in [5.41, 5.74) is -1.39. The third-order valence-corrected chi connectivity index (χ3v) is 3.81. The fraction of sp³-hybridized carbons (Fsp3) is 0.429. The Morgan fingerprint density at radius 1 is 1.17 bits per heavy atom. The SMILES string of the molecule is O=C(O)c1cc(CC2CO2)c(CC2CO2)c([N+](=O)[O-])c1C(=O)O. The summed E-state index contributed by atoms with van der Waals surface area (Å²) in [6, 6.07) is 1.21. The quantitative estimate of drug-likeness (QED) is 0.427. The van der Waals surface area contributed by atoms with E-state index in [1.165, 1.54) is 6.07 Å². The largest absolute Gasteiger partial charge is 0.478 e. The second-order valence-electron chi connectivity index (χ2n) is 5.47. The molecule has 0 bridgehead atoms. The zero-order valence-corrected chi connectivity index (χ0v) is 11.9. The Balaban J connectivity index is 2.22. The molecule has 0 amide bonds. The number of nitro benzene ring substituents is 1. The molecular weight excluding hydrogens is 310 g/mol. The number of carboxylic acids is 2. The molecule has 2 aliphatic heterocycles. The molecule has 0 saturated carbocycles. The Hall–Kier alpha value is -2.52. The topological polar surface area (TPSA) is 143 Å². The Labute approximate surface area is 129 Å². The number of nitro groups is 1. The second-order valence-corrected chi connectivity index (χ2v) is 5.47. The Morgan fingerprint density at radius 3 is 2.17 bits per heavy atom. The number of nitrogens with zero attached hydrogens (tertiary/aromatic N) is 1. The van der Waals surface area contributed by atoms with Gasteiger partial charge in [-0.05, 0) is 11.6 Å². The van der Waals surface area contributed by atoms with Gasteiger partial charge in [0.15, 0.2) is 5.56 Å². The van der Waals surface area contributed by atoms with Crippen LogP contribution in [0.1, 0.15) is 31.8 Å². The van der Waals surface area contributed by atoms with Gasteiger partial charge in [-0.1, -0.05) is 0 Å². The van der Waals surface area contributed by atoms with Crippen LogP contribution in [0.3, 0.4) is 0 Å². The zero-order valence-electron chi connectivity index (χ0n) is 11.9. The van der Waals surface area contributed by atoms with E-state index in [0.717, 1.165) is 0 Å². The van der Waals surface area contributed by atoms with Crippen molar-refractivity contribution in [1.29, 1.82) is 0 Å². The Kier molecular flexibility index (Phi) is 3.74. The van der Waals surface area contributed by atoms with E-state index < -0.39 is 33.7 Å². The average molecular weight is 323 g/mol. The number of aromatic carboxylic acids is 2. The van der Waals surface area contributed by atoms with Gasteiger partial charge in [-0.25, -0.2) is 9.59 Å². The molecule has 2 N–H and O–H groups in total. The standard InChI is InChI=1S/C14H13NO8/c16-13(17)10-2-6(1-7-4-22-7)9(3-8-5-23-8)12(15(20)21)11(10)14(18)19/h2,7-8H,1,3-5H2,(H,16,17)(H,18,19). The van der Waals surface area contributed by atoms with Gasteiger partial charge in [0, 0.05) is 18.4 Å². The fourth-order valence-corrected chi connectivity index (χ4v) is 2.61. The van der Waals surface area contributed by atoms with E-state index in [9.17, 15) is 29.9 Å². The van der Waals surface area contributed by atoms with Gasteiger partial charge in [0.05, 0.1) is 35.9 Å². The highest BCUT2D eigenvalue weighted by Gasteiger charge is 2.37. The molecule has 1 aromatic carbocycles. The van der Waals surface area contributed by atoms with E-state index >= 15 is 0 Å². The molecule has 122 valence electrons. The minimum Gasteiger partial charge on any atom is -0.478 e. The van der Waals surface area contributed by atoms with Gasteiger partial charge in [0.1, 0.15) is 0 Å². The summed E-state index contributed by atoms with van der Waals surface area (Å²) in [5, 5.41) is 30.0. The summed E-state index contributed by atoms with van der Waals surface area (Å²) in [4.78, 5) is 33.4. The van der Waals surface area contributed by atoms with Crippen LogP contribution >= 0.6 is 0 Å². The maximum atomic E-state index is 11.5. The number of epoxide rings is 2. The summed E-state index contributed by atoms with van der Waals surface area (Å²) in [6.07, 6.45) is 0.164. The number of rotatable bonds is 7. The zero-order chi connectivity index (χ0) is 16.7. The van der Waals surface area contributed by atoms with Crippen LogP contribution in [-0.2, 0) is 22.3 Å². The number of carbonyl (C=O) groups is 2. The number of hydrogen-bond acceptors (Lipinski definition) is 6. The minimum absolute atomic E-state index is 0.120. The Morgan fingerprint density at radius 2 is 1.74 bits per heavy atom. The van der Waals surface area contributed by atoms with Crippen molar-refractivity contribution in [2.24, 2.45) is 0 Å². The van der Waals surface area contributed by atoms with E-state index in [0.29, 0.717) is 25.2 Å². The van der Waals surface area contributed by atoms with E-state index in [2.05, 4.69) is 0 Å². The molecule has 0 aromatic heterocycles. The number of ether oxygens (including phenoxy) is 2. The number of hydrogen-bond donors (Lipinski definition) is 2. The fourth-order valence-electron chi connectivity index (χ4n) is 2.61. The molecule has 2 fully saturated rings. The molecule has 1 aromatic rings. The highest BCUT2D eigenvalue weighted by molar-refractivity contribution is 6.05. The van der Waals surface area contributed by atoms with Gasteiger partial charge in [-0.3, -0.25) is 10.1 Å². The summed E-state index contributed by atoms with van der Waals surface area (Å²) in [5.74, 6) is -3.15. The first-order valence-electron chi connectivity index (χ1n) is 6.91. The van der Waals surface area contributed by atoms with E-state index in [4.69, 9.17) is 9.47 Å². The maximum Gasteiger partial charge on any atom is 0.343 e. The van der Waals surface area contributed by atoms with Crippen LogP contribution in [-0.4, -0.2) is 52.5 Å². The number of carboxylic acid groups (broad SMARTS) is 2. The molecular formula is C14H13NO8. The van der Waals surface area contributed by atoms with E-state index in [1.807, 2.05) is 0 Å². The molecule has 9 heteroatoms. The molecule has 2 aliphatic rings. The summed E-state index contributed by atoms with van der Waals surface area (Å²) >= 11 is 0. The van der Waals surface area contributed by atoms with Gasteiger partial charge in [0.25, 0.3) is 5.69 Å². The molecule has 0 spiro atoms. The number of benzene rings is 1. The molecule has 9 nitrogen and oxygen atoms in total. The van der Waals surface area contributed by atoms with Crippen LogP contribution in [0.25, 0.3) is 0 Å². The third-order valence-electron chi connectivity index (χ3n) is 3.81. The molecule has 2 heterocycles.